The molecule has 2 rings (SSSR count). The van der Waals surface area contributed by atoms with Crippen LogP contribution in [0.15, 0.2) is 18.2 Å². The van der Waals surface area contributed by atoms with Gasteiger partial charge in [0.2, 0.25) is 10.0 Å². The van der Waals surface area contributed by atoms with Gasteiger partial charge in [0.15, 0.2) is 0 Å². The lowest BCUT2D eigenvalue weighted by molar-refractivity contribution is 0.607. The Bertz CT molecular complexity index is 563. The smallest absolute Gasteiger partial charge is 0.229 e. The summed E-state index contributed by atoms with van der Waals surface area (Å²) >= 11 is 8.06. The van der Waals surface area contributed by atoms with Crippen LogP contribution in [0.2, 0.25) is 5.02 Å². The van der Waals surface area contributed by atoms with Crippen LogP contribution >= 0.6 is 23.4 Å². The second-order valence-electron chi connectivity index (χ2n) is 4.79. The van der Waals surface area contributed by atoms with Crippen molar-refractivity contribution in [3.05, 3.63) is 23.2 Å². The van der Waals surface area contributed by atoms with Crippen LogP contribution in [0, 0.1) is 0 Å². The maximum absolute atomic E-state index is 11.2. The molecule has 0 saturated carbocycles. The zero-order chi connectivity index (χ0) is 14.0. The van der Waals surface area contributed by atoms with Gasteiger partial charge in [-0.2, -0.15) is 11.8 Å². The van der Waals surface area contributed by atoms with Gasteiger partial charge in [-0.3, -0.25) is 4.72 Å². The molecular weight excluding hydrogens is 304 g/mol. The molecule has 0 amide bonds. The van der Waals surface area contributed by atoms with E-state index in [2.05, 4.69) is 17.0 Å². The van der Waals surface area contributed by atoms with Crippen LogP contribution in [-0.2, 0) is 10.0 Å². The summed E-state index contributed by atoms with van der Waals surface area (Å²) in [6, 6.07) is 5.46. The number of hydrogen-bond acceptors (Lipinski definition) is 4. The van der Waals surface area contributed by atoms with E-state index < -0.39 is 10.0 Å². The summed E-state index contributed by atoms with van der Waals surface area (Å²) in [7, 11) is -3.27. The fourth-order valence-electron chi connectivity index (χ4n) is 2.05. The van der Waals surface area contributed by atoms with Crippen molar-refractivity contribution < 1.29 is 8.42 Å². The quantitative estimate of drug-likeness (QED) is 0.895. The first-order chi connectivity index (χ1) is 8.83. The molecule has 1 fully saturated rings. The van der Waals surface area contributed by atoms with Gasteiger partial charge in [-0.15, -0.1) is 0 Å². The minimum absolute atomic E-state index is 0.381. The first kappa shape index (κ1) is 14.8. The summed E-state index contributed by atoms with van der Waals surface area (Å²) in [4.78, 5) is 0. The largest absolute Gasteiger partial charge is 0.380 e. The summed E-state index contributed by atoms with van der Waals surface area (Å²) in [6.45, 7) is 2.20. The Hall–Kier alpha value is -0.590. The van der Waals surface area contributed by atoms with Gasteiger partial charge in [0.05, 0.1) is 22.7 Å². The molecule has 1 aromatic rings. The van der Waals surface area contributed by atoms with Gasteiger partial charge >= 0.3 is 0 Å². The Morgan fingerprint density at radius 2 is 2.16 bits per heavy atom. The van der Waals surface area contributed by atoms with Gasteiger partial charge in [0, 0.05) is 17.0 Å². The molecule has 0 bridgehead atoms. The van der Waals surface area contributed by atoms with E-state index in [0.717, 1.165) is 24.1 Å². The standard InChI is InChI=1S/C12H17ClN2O2S2/c1-8-5-10(7-18-8)14-12-6-9(3-4-11(12)13)15-19(2,16)17/h3-4,6,8,10,14-15H,5,7H2,1-2H3. The molecule has 1 aliphatic rings. The second-order valence-corrected chi connectivity index (χ2v) is 8.42. The third-order valence-corrected chi connectivity index (χ3v) is 5.12. The van der Waals surface area contributed by atoms with Crippen molar-refractivity contribution in [2.75, 3.05) is 22.0 Å². The normalized spacial score (nSPS) is 23.3. The lowest BCUT2D eigenvalue weighted by Gasteiger charge is -2.16. The van der Waals surface area contributed by atoms with Crippen LogP contribution in [0.3, 0.4) is 0 Å². The molecule has 2 atom stereocenters. The Balaban J connectivity index is 2.13. The average molecular weight is 321 g/mol. The monoisotopic (exact) mass is 320 g/mol. The number of thioether (sulfide) groups is 1. The Labute approximate surface area is 123 Å². The van der Waals surface area contributed by atoms with E-state index in [1.807, 2.05) is 11.8 Å². The third kappa shape index (κ3) is 4.47. The maximum Gasteiger partial charge on any atom is 0.229 e. The molecule has 4 nitrogen and oxygen atoms in total. The van der Waals surface area contributed by atoms with Gasteiger partial charge in [-0.25, -0.2) is 8.42 Å². The lowest BCUT2D eigenvalue weighted by atomic mass is 10.2. The molecule has 2 unspecified atom stereocenters. The number of nitrogens with one attached hydrogen (secondary N) is 2. The van der Waals surface area contributed by atoms with E-state index >= 15 is 0 Å². The van der Waals surface area contributed by atoms with Crippen molar-refractivity contribution in [2.24, 2.45) is 0 Å². The summed E-state index contributed by atoms with van der Waals surface area (Å²) in [6.07, 6.45) is 2.22. The second kappa shape index (κ2) is 5.81. The maximum atomic E-state index is 11.2. The van der Waals surface area contributed by atoms with Gasteiger partial charge in [0.1, 0.15) is 0 Å². The van der Waals surface area contributed by atoms with E-state index in [1.54, 1.807) is 18.2 Å². The summed E-state index contributed by atoms with van der Waals surface area (Å²) in [5, 5.41) is 4.63. The Kier molecular flexibility index (Phi) is 4.53. The Morgan fingerprint density at radius 3 is 2.74 bits per heavy atom. The molecule has 2 N–H and O–H groups in total. The highest BCUT2D eigenvalue weighted by Gasteiger charge is 2.22. The third-order valence-electron chi connectivity index (χ3n) is 2.83. The minimum atomic E-state index is -3.27. The zero-order valence-electron chi connectivity index (χ0n) is 10.8. The van der Waals surface area contributed by atoms with E-state index in [4.69, 9.17) is 11.6 Å². The predicted octanol–water partition coefficient (Wildman–Crippen LogP) is 3.02. The van der Waals surface area contributed by atoms with Crippen molar-refractivity contribution in [3.63, 3.8) is 0 Å². The highest BCUT2D eigenvalue weighted by Crippen LogP contribution is 2.32. The zero-order valence-corrected chi connectivity index (χ0v) is 13.2. The molecule has 19 heavy (non-hydrogen) atoms. The predicted molar refractivity (Wildman–Crippen MR) is 83.9 cm³/mol. The van der Waals surface area contributed by atoms with Gasteiger partial charge in [-0.1, -0.05) is 18.5 Å². The molecular formula is C12H17ClN2O2S2. The topological polar surface area (TPSA) is 58.2 Å². The SMILES string of the molecule is CC1CC(Nc2cc(NS(C)(=O)=O)ccc2Cl)CS1. The Morgan fingerprint density at radius 1 is 1.42 bits per heavy atom. The van der Waals surface area contributed by atoms with Crippen molar-refractivity contribution in [1.29, 1.82) is 0 Å². The molecule has 1 aromatic carbocycles. The fraction of sp³-hybridized carbons (Fsp3) is 0.500. The first-order valence-electron chi connectivity index (χ1n) is 5.99. The molecule has 7 heteroatoms. The van der Waals surface area contributed by atoms with Crippen LogP contribution in [0.5, 0.6) is 0 Å². The number of anilines is 2. The number of benzene rings is 1. The molecule has 0 radical (unpaired) electrons. The van der Waals surface area contributed by atoms with E-state index in [9.17, 15) is 8.42 Å². The summed E-state index contributed by atoms with van der Waals surface area (Å²) in [5.74, 6) is 1.04. The van der Waals surface area contributed by atoms with Crippen LogP contribution in [0.1, 0.15) is 13.3 Å². The average Bonchev–Trinajstić information content (AvgIpc) is 2.67. The van der Waals surface area contributed by atoms with Gasteiger partial charge in [-0.05, 0) is 24.6 Å². The van der Waals surface area contributed by atoms with Crippen LogP contribution in [0.4, 0.5) is 11.4 Å². The number of sulfonamides is 1. The minimum Gasteiger partial charge on any atom is -0.380 e. The van der Waals surface area contributed by atoms with Gasteiger partial charge in [0.25, 0.3) is 0 Å². The highest BCUT2D eigenvalue weighted by molar-refractivity contribution is 8.00. The molecule has 106 valence electrons. The highest BCUT2D eigenvalue weighted by atomic mass is 35.5. The summed E-state index contributed by atoms with van der Waals surface area (Å²) in [5.41, 5.74) is 1.29. The molecule has 0 aliphatic carbocycles. The molecule has 0 spiro atoms. The first-order valence-corrected chi connectivity index (χ1v) is 9.31. The van der Waals surface area contributed by atoms with E-state index in [-0.39, 0.29) is 0 Å². The lowest BCUT2D eigenvalue weighted by Crippen LogP contribution is -2.19. The summed E-state index contributed by atoms with van der Waals surface area (Å²) < 4.78 is 24.9. The number of hydrogen-bond donors (Lipinski definition) is 2. The molecule has 0 aromatic heterocycles. The van der Waals surface area contributed by atoms with Crippen LogP contribution < -0.4 is 10.0 Å². The van der Waals surface area contributed by atoms with Crippen molar-refractivity contribution in [2.45, 2.75) is 24.6 Å². The van der Waals surface area contributed by atoms with E-state index in [1.165, 1.54) is 0 Å². The van der Waals surface area contributed by atoms with Crippen molar-refractivity contribution >= 4 is 44.8 Å². The van der Waals surface area contributed by atoms with Crippen molar-refractivity contribution in [1.82, 2.24) is 0 Å². The fourth-order valence-corrected chi connectivity index (χ4v) is 3.93. The number of halogens is 1. The van der Waals surface area contributed by atoms with Crippen molar-refractivity contribution in [3.8, 4) is 0 Å². The van der Waals surface area contributed by atoms with E-state index in [0.29, 0.717) is 22.0 Å². The molecule has 1 heterocycles. The number of rotatable bonds is 4. The molecule has 1 saturated heterocycles. The van der Waals surface area contributed by atoms with Crippen LogP contribution in [0.25, 0.3) is 0 Å². The van der Waals surface area contributed by atoms with Crippen LogP contribution in [-0.4, -0.2) is 31.7 Å². The van der Waals surface area contributed by atoms with Gasteiger partial charge < -0.3 is 5.32 Å². The molecule has 1 aliphatic heterocycles.